The van der Waals surface area contributed by atoms with Crippen LogP contribution in [0.1, 0.15) is 30.4 Å². The van der Waals surface area contributed by atoms with E-state index in [0.29, 0.717) is 40.9 Å². The minimum atomic E-state index is -1.06. The topological polar surface area (TPSA) is 106 Å². The minimum absolute atomic E-state index is 0.103. The maximum absolute atomic E-state index is 13.9. The number of carbonyl (C=O) groups is 2. The number of phenols is 1. The van der Waals surface area contributed by atoms with E-state index in [1.807, 2.05) is 42.5 Å². The summed E-state index contributed by atoms with van der Waals surface area (Å²) >= 11 is 2.09. The average Bonchev–Trinajstić information content (AvgIpc) is 3.30. The highest BCUT2D eigenvalue weighted by atomic mass is 127. The van der Waals surface area contributed by atoms with Gasteiger partial charge in [-0.1, -0.05) is 54.6 Å². The third-order valence-electron chi connectivity index (χ3n) is 9.07. The quantitative estimate of drug-likeness (QED) is 0.0924. The summed E-state index contributed by atoms with van der Waals surface area (Å²) < 4.78 is 17.9. The fourth-order valence-corrected chi connectivity index (χ4v) is 7.80. The third kappa shape index (κ3) is 6.21. The number of hydrogen-bond acceptors (Lipinski definition) is 7. The number of methoxy groups -OCH3 is 2. The maximum atomic E-state index is 13.9. The first kappa shape index (κ1) is 31.5. The number of anilines is 1. The largest absolute Gasteiger partial charge is 0.504 e. The molecule has 10 heteroatoms. The number of benzene rings is 3. The molecule has 2 saturated heterocycles. The van der Waals surface area contributed by atoms with Crippen LogP contribution in [0.3, 0.4) is 0 Å². The van der Waals surface area contributed by atoms with Gasteiger partial charge in [-0.25, -0.2) is 0 Å². The van der Waals surface area contributed by atoms with Crippen molar-refractivity contribution in [3.63, 3.8) is 0 Å². The van der Waals surface area contributed by atoms with Crippen molar-refractivity contribution in [2.75, 3.05) is 25.7 Å². The predicted molar refractivity (Wildman–Crippen MR) is 181 cm³/mol. The number of para-hydroxylation sites is 1. The van der Waals surface area contributed by atoms with E-state index < -0.39 is 25.1 Å². The van der Waals surface area contributed by atoms with Gasteiger partial charge in [0.1, 0.15) is 0 Å². The van der Waals surface area contributed by atoms with Crippen molar-refractivity contribution in [2.45, 2.75) is 31.7 Å². The fourth-order valence-electron chi connectivity index (χ4n) is 7.17. The molecule has 3 aromatic carbocycles. The summed E-state index contributed by atoms with van der Waals surface area (Å²) in [6, 6.07) is 22.8. The Kier molecular flexibility index (Phi) is 9.46. The molecular weight excluding hydrogens is 684 g/mol. The molecule has 1 aliphatic carbocycles. The van der Waals surface area contributed by atoms with Gasteiger partial charge in [0.2, 0.25) is 11.8 Å². The summed E-state index contributed by atoms with van der Waals surface area (Å²) in [5.74, 6) is -1.32. The molecule has 0 radical (unpaired) electrons. The number of phenolic OH excluding ortho intramolecular Hbond substituents is 1. The Morgan fingerprint density at radius 2 is 1.76 bits per heavy atom. The van der Waals surface area contributed by atoms with Gasteiger partial charge in [-0.2, -0.15) is 0 Å². The van der Waals surface area contributed by atoms with Crippen LogP contribution in [-0.4, -0.2) is 56.0 Å². The van der Waals surface area contributed by atoms with Gasteiger partial charge in [-0.05, 0) is 106 Å². The van der Waals surface area contributed by atoms with E-state index in [1.54, 1.807) is 25.3 Å². The molecule has 232 valence electrons. The summed E-state index contributed by atoms with van der Waals surface area (Å²) in [4.78, 5) is 28.9. The molecule has 4 atom stereocenters. The molecule has 2 fully saturated rings. The molecule has 6 rings (SSSR count). The highest BCUT2D eigenvalue weighted by Gasteiger charge is 2.57. The highest BCUT2D eigenvalue weighted by molar-refractivity contribution is 14.1. The second-order valence-corrected chi connectivity index (χ2v) is 12.9. The van der Waals surface area contributed by atoms with Crippen LogP contribution in [0.2, 0.25) is 6.32 Å². The zero-order valence-electron chi connectivity index (χ0n) is 25.2. The van der Waals surface area contributed by atoms with E-state index in [9.17, 15) is 19.7 Å². The predicted octanol–water partition coefficient (Wildman–Crippen LogP) is 5.97. The lowest BCUT2D eigenvalue weighted by molar-refractivity contribution is -0.122. The Morgan fingerprint density at radius 3 is 2.44 bits per heavy atom. The third-order valence-corrected chi connectivity index (χ3v) is 9.90. The second-order valence-electron chi connectivity index (χ2n) is 11.7. The summed E-state index contributed by atoms with van der Waals surface area (Å²) in [6.45, 7) is 0.324. The Hall–Kier alpha value is -3.45. The van der Waals surface area contributed by atoms with E-state index in [1.165, 1.54) is 12.0 Å². The van der Waals surface area contributed by atoms with Crippen molar-refractivity contribution in [2.24, 2.45) is 17.8 Å². The standard InChI is InChI=1S/C35H35BINO7/c1-43-20-24-18-26-32(35(41)38(34(26)40)25-11-7-4-8-12-25)27-19-36(42)45-29(31(24)27)14-13-23(22-9-5-3-6-10-22)15-21-16-28(37)33(39)30(17-21)44-2/h3-12,15-17,26-27,29,32,39,42H,13-14,18-20H2,1-2H3/b23-15-/t26-,27+,29-,32-/m1/s1. The van der Waals surface area contributed by atoms with Gasteiger partial charge < -0.3 is 24.3 Å². The van der Waals surface area contributed by atoms with Crippen LogP contribution < -0.4 is 9.64 Å². The highest BCUT2D eigenvalue weighted by Crippen LogP contribution is 2.51. The Morgan fingerprint density at radius 1 is 1.04 bits per heavy atom. The zero-order valence-corrected chi connectivity index (χ0v) is 27.3. The van der Waals surface area contributed by atoms with Gasteiger partial charge in [0.05, 0.1) is 40.9 Å². The number of allylic oxidation sites excluding steroid dienone is 1. The van der Waals surface area contributed by atoms with Crippen molar-refractivity contribution in [3.05, 3.63) is 98.6 Å². The van der Waals surface area contributed by atoms with Gasteiger partial charge in [0.25, 0.3) is 0 Å². The number of fused-ring (bicyclic) bond motifs is 3. The molecule has 0 aromatic heterocycles. The molecule has 2 aliphatic heterocycles. The molecule has 8 nitrogen and oxygen atoms in total. The molecular formula is C35H35BINO7. The van der Waals surface area contributed by atoms with Crippen LogP contribution in [-0.2, 0) is 19.0 Å². The van der Waals surface area contributed by atoms with Crippen LogP contribution in [0.25, 0.3) is 11.6 Å². The Labute approximate surface area is 277 Å². The Bertz CT molecular complexity index is 1640. The lowest BCUT2D eigenvalue weighted by Crippen LogP contribution is -2.46. The van der Waals surface area contributed by atoms with Crippen molar-refractivity contribution in [1.29, 1.82) is 0 Å². The smallest absolute Gasteiger partial charge is 0.455 e. The number of amides is 2. The summed E-state index contributed by atoms with van der Waals surface area (Å²) in [6.07, 6.45) is 3.44. The van der Waals surface area contributed by atoms with Gasteiger partial charge in [-0.3, -0.25) is 14.5 Å². The molecule has 3 aromatic rings. The van der Waals surface area contributed by atoms with E-state index in [0.717, 1.165) is 27.8 Å². The number of rotatable bonds is 9. The number of carbonyl (C=O) groups excluding carboxylic acids is 2. The van der Waals surface area contributed by atoms with Crippen LogP contribution in [0.15, 0.2) is 83.9 Å². The summed E-state index contributed by atoms with van der Waals surface area (Å²) in [5, 5.41) is 21.4. The van der Waals surface area contributed by atoms with Crippen LogP contribution in [0, 0.1) is 21.3 Å². The van der Waals surface area contributed by atoms with E-state index in [-0.39, 0.29) is 29.8 Å². The lowest BCUT2D eigenvalue weighted by Gasteiger charge is -2.43. The number of halogens is 1. The number of imide groups is 1. The molecule has 0 spiro atoms. The van der Waals surface area contributed by atoms with Gasteiger partial charge in [0.15, 0.2) is 11.5 Å². The lowest BCUT2D eigenvalue weighted by atomic mass is 9.58. The molecule has 0 saturated carbocycles. The van der Waals surface area contributed by atoms with E-state index in [4.69, 9.17) is 14.1 Å². The minimum Gasteiger partial charge on any atom is -0.504 e. The zero-order chi connectivity index (χ0) is 31.7. The van der Waals surface area contributed by atoms with Crippen molar-refractivity contribution in [3.8, 4) is 11.5 Å². The van der Waals surface area contributed by atoms with Crippen molar-refractivity contribution >= 4 is 58.9 Å². The number of nitrogens with zero attached hydrogens (tertiary/aromatic N) is 1. The first-order chi connectivity index (χ1) is 21.8. The molecule has 45 heavy (non-hydrogen) atoms. The molecule has 2 heterocycles. The number of ether oxygens (including phenoxy) is 2. The molecule has 2 N–H and O–H groups in total. The molecule has 2 amide bonds. The van der Waals surface area contributed by atoms with Crippen LogP contribution >= 0.6 is 22.6 Å². The van der Waals surface area contributed by atoms with Gasteiger partial charge >= 0.3 is 7.12 Å². The molecule has 0 unspecified atom stereocenters. The summed E-state index contributed by atoms with van der Waals surface area (Å²) in [7, 11) is 2.09. The maximum Gasteiger partial charge on any atom is 0.455 e. The van der Waals surface area contributed by atoms with E-state index >= 15 is 0 Å². The number of aromatic hydroxyl groups is 1. The van der Waals surface area contributed by atoms with E-state index in [2.05, 4.69) is 40.8 Å². The number of hydrogen-bond donors (Lipinski definition) is 2. The monoisotopic (exact) mass is 719 g/mol. The van der Waals surface area contributed by atoms with Gasteiger partial charge in [-0.15, -0.1) is 0 Å². The second kappa shape index (κ2) is 13.5. The van der Waals surface area contributed by atoms with Crippen LogP contribution in [0.5, 0.6) is 11.5 Å². The fraction of sp³-hybridized carbons (Fsp3) is 0.314. The average molecular weight is 719 g/mol. The Balaban J connectivity index is 1.34. The normalized spacial score (nSPS) is 23.3. The first-order valence-electron chi connectivity index (χ1n) is 15.1. The van der Waals surface area contributed by atoms with Crippen molar-refractivity contribution in [1.82, 2.24) is 0 Å². The SMILES string of the molecule is COCC1=C2[C@@H](CC/C(=C/c3cc(I)c(O)c(OC)c3)c3ccccc3)OB(O)C[C@@H]2[C@@H]2C(=O)N(c3ccccc3)C(=O)[C@@H]2C1. The van der Waals surface area contributed by atoms with Crippen molar-refractivity contribution < 1.29 is 33.8 Å². The van der Waals surface area contributed by atoms with Gasteiger partial charge in [0, 0.05) is 7.11 Å². The summed E-state index contributed by atoms with van der Waals surface area (Å²) in [5.41, 5.74) is 5.49. The molecule has 0 bridgehead atoms. The van der Waals surface area contributed by atoms with Crippen LogP contribution in [0.4, 0.5) is 5.69 Å². The molecule has 3 aliphatic rings. The first-order valence-corrected chi connectivity index (χ1v) is 16.2.